The van der Waals surface area contributed by atoms with Crippen molar-refractivity contribution < 1.29 is 18.3 Å². The van der Waals surface area contributed by atoms with E-state index in [-0.39, 0.29) is 46.6 Å². The quantitative estimate of drug-likeness (QED) is 0.608. The standard InChI is InChI=1S/C24H24F3N5O2/c1-31-6-5-13(7-23(31)34)16-11-20(33)17(10-18(16)25)19-3-4-22(30-29-19)32(2)15-8-14-12-24(26,27)21(9-15)28-14/h3-7,10-11,14-15,21,28,33H,8-9,12H2,1-2H3/t14?,15-,21?/m0/s1. The van der Waals surface area contributed by atoms with E-state index in [2.05, 4.69) is 15.5 Å². The maximum atomic E-state index is 14.9. The molecule has 0 amide bonds. The zero-order chi connectivity index (χ0) is 24.2. The predicted octanol–water partition coefficient (Wildman–Crippen LogP) is 3.32. The summed E-state index contributed by atoms with van der Waals surface area (Å²) in [5.41, 5.74) is 0.580. The zero-order valence-corrected chi connectivity index (χ0v) is 18.7. The number of phenols is 1. The van der Waals surface area contributed by atoms with Gasteiger partial charge in [0.25, 0.3) is 11.5 Å². The minimum absolute atomic E-state index is 0.0978. The third kappa shape index (κ3) is 3.91. The Hall–Kier alpha value is -3.40. The van der Waals surface area contributed by atoms with Gasteiger partial charge in [0.15, 0.2) is 5.82 Å². The first-order valence-electron chi connectivity index (χ1n) is 11.0. The first-order valence-corrected chi connectivity index (χ1v) is 11.0. The Kier molecular flexibility index (Phi) is 5.35. The highest BCUT2D eigenvalue weighted by atomic mass is 19.3. The van der Waals surface area contributed by atoms with E-state index in [1.807, 2.05) is 4.90 Å². The Morgan fingerprint density at radius 2 is 1.94 bits per heavy atom. The molecule has 0 radical (unpaired) electrons. The molecule has 2 bridgehead atoms. The fourth-order valence-corrected chi connectivity index (χ4v) is 4.89. The molecule has 10 heteroatoms. The number of anilines is 1. The summed E-state index contributed by atoms with van der Waals surface area (Å²) in [4.78, 5) is 13.7. The molecule has 2 unspecified atom stereocenters. The summed E-state index contributed by atoms with van der Waals surface area (Å²) in [5, 5.41) is 21.9. The van der Waals surface area contributed by atoms with Gasteiger partial charge < -0.3 is 19.9 Å². The van der Waals surface area contributed by atoms with Gasteiger partial charge in [-0.25, -0.2) is 13.2 Å². The molecule has 0 spiro atoms. The number of pyridine rings is 1. The normalized spacial score (nSPS) is 23.1. The summed E-state index contributed by atoms with van der Waals surface area (Å²) >= 11 is 0. The fraction of sp³-hybridized carbons (Fsp3) is 0.375. The molecule has 0 saturated carbocycles. The lowest BCUT2D eigenvalue weighted by Crippen LogP contribution is -2.49. The second-order valence-corrected chi connectivity index (χ2v) is 9.11. The molecule has 34 heavy (non-hydrogen) atoms. The van der Waals surface area contributed by atoms with Crippen molar-refractivity contribution in [3.63, 3.8) is 0 Å². The summed E-state index contributed by atoms with van der Waals surface area (Å²) in [6, 6.07) is 7.41. The molecular formula is C24H24F3N5O2. The lowest BCUT2D eigenvalue weighted by molar-refractivity contribution is -0.0128. The monoisotopic (exact) mass is 471 g/mol. The number of fused-ring (bicyclic) bond motifs is 2. The summed E-state index contributed by atoms with van der Waals surface area (Å²) in [5.74, 6) is -3.01. The Bertz CT molecular complexity index is 1290. The Labute approximate surface area is 193 Å². The van der Waals surface area contributed by atoms with E-state index >= 15 is 0 Å². The molecule has 3 atom stereocenters. The van der Waals surface area contributed by atoms with Crippen LogP contribution in [0.3, 0.4) is 0 Å². The summed E-state index contributed by atoms with van der Waals surface area (Å²) in [6.45, 7) is 0. The minimum Gasteiger partial charge on any atom is -0.507 e. The van der Waals surface area contributed by atoms with Crippen LogP contribution in [0.2, 0.25) is 0 Å². The van der Waals surface area contributed by atoms with Crippen LogP contribution in [-0.2, 0) is 7.05 Å². The van der Waals surface area contributed by atoms with E-state index in [9.17, 15) is 23.1 Å². The van der Waals surface area contributed by atoms with Gasteiger partial charge in [-0.15, -0.1) is 10.2 Å². The van der Waals surface area contributed by atoms with Crippen LogP contribution in [-0.4, -0.2) is 51.0 Å². The van der Waals surface area contributed by atoms with Gasteiger partial charge in [0.05, 0.1) is 11.7 Å². The molecule has 178 valence electrons. The number of hydrogen-bond donors (Lipinski definition) is 2. The molecule has 2 aromatic heterocycles. The Balaban J connectivity index is 1.38. The van der Waals surface area contributed by atoms with Gasteiger partial charge in [0.2, 0.25) is 0 Å². The number of benzene rings is 1. The molecule has 2 N–H and O–H groups in total. The van der Waals surface area contributed by atoms with Crippen LogP contribution < -0.4 is 15.8 Å². The first-order chi connectivity index (χ1) is 16.1. The van der Waals surface area contributed by atoms with E-state index in [1.165, 1.54) is 22.9 Å². The molecule has 3 aromatic rings. The average Bonchev–Trinajstić information content (AvgIpc) is 3.02. The number of alkyl halides is 2. The van der Waals surface area contributed by atoms with Crippen LogP contribution in [0.15, 0.2) is 47.4 Å². The lowest BCUT2D eigenvalue weighted by atomic mass is 9.98. The molecule has 4 heterocycles. The summed E-state index contributed by atoms with van der Waals surface area (Å²) in [7, 11) is 3.39. The molecule has 5 rings (SSSR count). The van der Waals surface area contributed by atoms with Gasteiger partial charge in [-0.1, -0.05) is 0 Å². The number of aromatic hydroxyl groups is 1. The van der Waals surface area contributed by atoms with Gasteiger partial charge in [-0.3, -0.25) is 4.79 Å². The van der Waals surface area contributed by atoms with E-state index in [0.29, 0.717) is 24.2 Å². The van der Waals surface area contributed by atoms with Crippen molar-refractivity contribution in [2.75, 3.05) is 11.9 Å². The number of piperidine rings is 1. The molecule has 0 aliphatic carbocycles. The smallest absolute Gasteiger partial charge is 0.264 e. The summed E-state index contributed by atoms with van der Waals surface area (Å²) in [6.07, 6.45) is 2.27. The molecule has 2 fully saturated rings. The molecule has 2 aliphatic rings. The highest BCUT2D eigenvalue weighted by Crippen LogP contribution is 2.41. The number of nitrogens with one attached hydrogen (secondary N) is 1. The lowest BCUT2D eigenvalue weighted by Gasteiger charge is -2.36. The third-order valence-corrected chi connectivity index (χ3v) is 6.87. The van der Waals surface area contributed by atoms with Crippen LogP contribution >= 0.6 is 0 Å². The van der Waals surface area contributed by atoms with Gasteiger partial charge >= 0.3 is 0 Å². The van der Waals surface area contributed by atoms with Crippen molar-refractivity contribution in [1.29, 1.82) is 0 Å². The summed E-state index contributed by atoms with van der Waals surface area (Å²) < 4.78 is 44.3. The van der Waals surface area contributed by atoms with Crippen molar-refractivity contribution >= 4 is 5.82 Å². The van der Waals surface area contributed by atoms with Crippen molar-refractivity contribution in [1.82, 2.24) is 20.1 Å². The van der Waals surface area contributed by atoms with Crippen LogP contribution in [0.1, 0.15) is 19.3 Å². The van der Waals surface area contributed by atoms with Gasteiger partial charge in [-0.05, 0) is 48.7 Å². The van der Waals surface area contributed by atoms with Crippen molar-refractivity contribution in [3.8, 4) is 28.1 Å². The maximum Gasteiger partial charge on any atom is 0.264 e. The van der Waals surface area contributed by atoms with Crippen LogP contribution in [0.5, 0.6) is 5.75 Å². The maximum absolute atomic E-state index is 14.9. The number of nitrogens with zero attached hydrogens (tertiary/aromatic N) is 4. The predicted molar refractivity (Wildman–Crippen MR) is 121 cm³/mol. The zero-order valence-electron chi connectivity index (χ0n) is 18.7. The molecule has 1 aromatic carbocycles. The molecule has 2 aliphatic heterocycles. The second kappa shape index (κ2) is 8.12. The molecular weight excluding hydrogens is 447 g/mol. The second-order valence-electron chi connectivity index (χ2n) is 9.11. The van der Waals surface area contributed by atoms with Crippen molar-refractivity contribution in [3.05, 3.63) is 58.8 Å². The SMILES string of the molecule is CN(c1ccc(-c2cc(F)c(-c3ccn(C)c(=O)c3)cc2O)nn1)[C@H]1CC2CC(F)(F)C(C1)N2. The van der Waals surface area contributed by atoms with E-state index in [1.54, 1.807) is 32.3 Å². The van der Waals surface area contributed by atoms with Gasteiger partial charge in [0, 0.05) is 56.0 Å². The third-order valence-electron chi connectivity index (χ3n) is 6.87. The van der Waals surface area contributed by atoms with Crippen LogP contribution in [0.4, 0.5) is 19.0 Å². The largest absolute Gasteiger partial charge is 0.507 e. The van der Waals surface area contributed by atoms with E-state index < -0.39 is 17.8 Å². The van der Waals surface area contributed by atoms with Gasteiger partial charge in [-0.2, -0.15) is 0 Å². The number of halogens is 3. The average molecular weight is 471 g/mol. The van der Waals surface area contributed by atoms with Crippen LogP contribution in [0.25, 0.3) is 22.4 Å². The van der Waals surface area contributed by atoms with Crippen molar-refractivity contribution in [2.45, 2.75) is 43.3 Å². The van der Waals surface area contributed by atoms with E-state index in [0.717, 1.165) is 6.07 Å². The number of aryl methyl sites for hydroxylation is 1. The van der Waals surface area contributed by atoms with E-state index in [4.69, 9.17) is 0 Å². The molecule has 7 nitrogen and oxygen atoms in total. The number of hydrogen-bond acceptors (Lipinski definition) is 6. The number of rotatable bonds is 4. The first kappa shape index (κ1) is 22.4. The fourth-order valence-electron chi connectivity index (χ4n) is 4.89. The number of phenolic OH excluding ortho intramolecular Hbond substituents is 1. The number of aromatic nitrogens is 3. The van der Waals surface area contributed by atoms with Crippen LogP contribution in [0, 0.1) is 5.82 Å². The van der Waals surface area contributed by atoms with Gasteiger partial charge in [0.1, 0.15) is 11.6 Å². The molecule has 2 saturated heterocycles. The highest BCUT2D eigenvalue weighted by molar-refractivity contribution is 5.74. The highest BCUT2D eigenvalue weighted by Gasteiger charge is 2.53. The topological polar surface area (TPSA) is 83.3 Å². The minimum atomic E-state index is -2.70. The Morgan fingerprint density at radius 1 is 1.15 bits per heavy atom. The van der Waals surface area contributed by atoms with Crippen molar-refractivity contribution in [2.24, 2.45) is 7.05 Å². The Morgan fingerprint density at radius 3 is 2.62 bits per heavy atom.